The number of pyridine rings is 1. The molecule has 18 heavy (non-hydrogen) atoms. The van der Waals surface area contributed by atoms with Crippen molar-refractivity contribution in [2.24, 2.45) is 10.2 Å². The standard InChI is InChI=1S/C11H8N4Se.ClH.Pd/c12-11(16)15-13-7-9-6-5-8-3-1-2-4-10(8)14-9;;/h1-7H,(H-,12,15);1H;/q-1;;+2/p-1/b13-7+;;. The predicted octanol–water partition coefficient (Wildman–Crippen LogP) is -0.853. The first kappa shape index (κ1) is 17.2. The number of fused-ring (bicyclic) bond motifs is 1. The molecule has 1 N–H and O–H groups in total. The molecule has 0 aliphatic rings. The van der Waals surface area contributed by atoms with E-state index >= 15 is 0 Å². The van der Waals surface area contributed by atoms with Crippen LogP contribution in [0.4, 0.5) is 0 Å². The fourth-order valence-corrected chi connectivity index (χ4v) is 1.39. The second-order valence-corrected chi connectivity index (χ2v) is 3.89. The van der Waals surface area contributed by atoms with Crippen LogP contribution in [0.3, 0.4) is 0 Å². The van der Waals surface area contributed by atoms with E-state index in [2.05, 4.69) is 31.2 Å². The molecule has 2 rings (SSSR count). The van der Waals surface area contributed by atoms with E-state index in [0.717, 1.165) is 16.6 Å². The molecular weight excluding hydrogens is 409 g/mol. The molecule has 0 bridgehead atoms. The van der Waals surface area contributed by atoms with Crippen LogP contribution in [-0.4, -0.2) is 31.9 Å². The number of aromatic nitrogens is 1. The summed E-state index contributed by atoms with van der Waals surface area (Å²) in [6.45, 7) is 0. The second-order valence-electron chi connectivity index (χ2n) is 3.08. The minimum atomic E-state index is 0. The molecule has 4 nitrogen and oxygen atoms in total. The van der Waals surface area contributed by atoms with Crippen molar-refractivity contribution < 1.29 is 32.8 Å². The number of benzene rings is 1. The van der Waals surface area contributed by atoms with Crippen LogP contribution >= 0.6 is 0 Å². The van der Waals surface area contributed by atoms with Gasteiger partial charge in [-0.15, -0.1) is 0 Å². The van der Waals surface area contributed by atoms with Crippen LogP contribution < -0.4 is 12.4 Å². The fourth-order valence-electron chi connectivity index (χ4n) is 1.29. The van der Waals surface area contributed by atoms with Gasteiger partial charge >= 0.3 is 121 Å². The fraction of sp³-hybridized carbons (Fsp3) is 0. The number of amidine groups is 1. The number of hydrogen-bond donors (Lipinski definition) is 0. The molecule has 1 heterocycles. The Labute approximate surface area is 133 Å². The molecule has 0 saturated heterocycles. The molecule has 0 saturated carbocycles. The number of halogens is 1. The minimum absolute atomic E-state index is 0. The van der Waals surface area contributed by atoms with Crippen molar-refractivity contribution in [2.45, 2.75) is 0 Å². The molecule has 0 amide bonds. The first-order valence-electron chi connectivity index (χ1n) is 4.61. The molecule has 1 aromatic heterocycles. The Bertz CT molecular complexity index is 570. The second kappa shape index (κ2) is 8.36. The van der Waals surface area contributed by atoms with Crippen molar-refractivity contribution in [1.29, 1.82) is 0 Å². The summed E-state index contributed by atoms with van der Waals surface area (Å²) in [6.07, 6.45) is 1.53. The maximum absolute atomic E-state index is 7.03. The van der Waals surface area contributed by atoms with Crippen molar-refractivity contribution >= 4 is 37.9 Å². The average molecular weight is 417 g/mol. The molecule has 2 aromatic rings. The van der Waals surface area contributed by atoms with Gasteiger partial charge < -0.3 is 12.4 Å². The third-order valence-corrected chi connectivity index (χ3v) is 2.13. The largest absolute Gasteiger partial charge is 2.00 e. The SMILES string of the molecule is [Cl-].[NH-]/C([Se])=N/N=C/c1ccc2ccccc2n1.[Pd+2]. The van der Waals surface area contributed by atoms with Crippen LogP contribution in [0.1, 0.15) is 5.69 Å². The third-order valence-electron chi connectivity index (χ3n) is 1.96. The van der Waals surface area contributed by atoms with Gasteiger partial charge in [-0.3, -0.25) is 0 Å². The summed E-state index contributed by atoms with van der Waals surface area (Å²) in [5, 5.41) is 8.38. The van der Waals surface area contributed by atoms with Crippen molar-refractivity contribution in [1.82, 2.24) is 4.98 Å². The summed E-state index contributed by atoms with van der Waals surface area (Å²) in [5.41, 5.74) is 8.68. The van der Waals surface area contributed by atoms with Crippen LogP contribution in [0.2, 0.25) is 0 Å². The van der Waals surface area contributed by atoms with Gasteiger partial charge in [0.15, 0.2) is 0 Å². The van der Waals surface area contributed by atoms with Gasteiger partial charge in [-0.2, -0.15) is 0 Å². The summed E-state index contributed by atoms with van der Waals surface area (Å²) >= 11 is 2.44. The van der Waals surface area contributed by atoms with Gasteiger partial charge in [0.05, 0.1) is 0 Å². The van der Waals surface area contributed by atoms with Crippen LogP contribution in [-0.2, 0) is 20.4 Å². The van der Waals surface area contributed by atoms with Crippen LogP contribution in [0.5, 0.6) is 0 Å². The maximum Gasteiger partial charge on any atom is 2.00 e. The molecule has 1 aromatic carbocycles. The smallest absolute Gasteiger partial charge is 2.00 e. The van der Waals surface area contributed by atoms with E-state index in [0.29, 0.717) is 0 Å². The zero-order chi connectivity index (χ0) is 11.4. The monoisotopic (exact) mass is 417 g/mol. The Morgan fingerprint density at radius 2 is 1.94 bits per heavy atom. The van der Waals surface area contributed by atoms with E-state index in [1.807, 2.05) is 36.4 Å². The molecule has 7 heteroatoms. The van der Waals surface area contributed by atoms with E-state index < -0.39 is 0 Å². The van der Waals surface area contributed by atoms with Gasteiger partial charge in [0.2, 0.25) is 0 Å². The molecule has 0 spiro atoms. The summed E-state index contributed by atoms with van der Waals surface area (Å²) in [7, 11) is 0. The summed E-state index contributed by atoms with van der Waals surface area (Å²) < 4.78 is 0.0528. The van der Waals surface area contributed by atoms with Gasteiger partial charge in [-0.25, -0.2) is 0 Å². The Morgan fingerprint density at radius 1 is 1.22 bits per heavy atom. The summed E-state index contributed by atoms with van der Waals surface area (Å²) in [6, 6.07) is 11.7. The normalized spacial score (nSPS) is 11.0. The van der Waals surface area contributed by atoms with E-state index in [1.54, 1.807) is 0 Å². The molecule has 0 unspecified atom stereocenters. The van der Waals surface area contributed by atoms with Crippen molar-refractivity contribution in [3.63, 3.8) is 0 Å². The van der Waals surface area contributed by atoms with Crippen LogP contribution in [0.15, 0.2) is 46.6 Å². The Kier molecular flexibility index (Phi) is 8.01. The number of hydrogen-bond acceptors (Lipinski definition) is 3. The van der Waals surface area contributed by atoms with Crippen molar-refractivity contribution in [3.8, 4) is 0 Å². The van der Waals surface area contributed by atoms with Gasteiger partial charge in [0.25, 0.3) is 0 Å². The Hall–Kier alpha value is -0.758. The number of para-hydroxylation sites is 1. The number of nitrogens with one attached hydrogen (secondary N) is 1. The third kappa shape index (κ3) is 4.85. The van der Waals surface area contributed by atoms with Crippen molar-refractivity contribution in [2.75, 3.05) is 0 Å². The Balaban J connectivity index is 0.00000144. The molecule has 0 aliphatic carbocycles. The minimum Gasteiger partial charge on any atom is 2.00 e. The van der Waals surface area contributed by atoms with Crippen LogP contribution in [0.25, 0.3) is 16.6 Å². The molecule has 0 fully saturated rings. The maximum atomic E-state index is 7.03. The quantitative estimate of drug-likeness (QED) is 0.272. The zero-order valence-electron chi connectivity index (χ0n) is 8.99. The van der Waals surface area contributed by atoms with Gasteiger partial charge in [-0.1, -0.05) is 0 Å². The van der Waals surface area contributed by atoms with Gasteiger partial charge in [0.1, 0.15) is 0 Å². The zero-order valence-corrected chi connectivity index (χ0v) is 13.0. The Morgan fingerprint density at radius 3 is 2.67 bits per heavy atom. The molecule has 95 valence electrons. The number of nitrogens with zero attached hydrogens (tertiary/aromatic N) is 3. The topological polar surface area (TPSA) is 61.4 Å². The predicted molar refractivity (Wildman–Crippen MR) is 66.8 cm³/mol. The summed E-state index contributed by atoms with van der Waals surface area (Å²) in [5.74, 6) is 0. The molecular formula is C11H8ClN4PdSe. The van der Waals surface area contributed by atoms with Gasteiger partial charge in [-0.05, 0) is 0 Å². The molecule has 0 atom stereocenters. The van der Waals surface area contributed by atoms with Crippen molar-refractivity contribution in [3.05, 3.63) is 47.8 Å². The summed E-state index contributed by atoms with van der Waals surface area (Å²) in [4.78, 5) is 4.38. The molecule has 1 radical (unpaired) electrons. The van der Waals surface area contributed by atoms with Crippen LogP contribution in [0, 0.1) is 0 Å². The van der Waals surface area contributed by atoms with E-state index in [4.69, 9.17) is 5.73 Å². The average Bonchev–Trinajstić information content (AvgIpc) is 2.28. The molecule has 0 aliphatic heterocycles. The van der Waals surface area contributed by atoms with Gasteiger partial charge in [0, 0.05) is 0 Å². The van der Waals surface area contributed by atoms with E-state index in [-0.39, 0.29) is 37.6 Å². The van der Waals surface area contributed by atoms with E-state index in [9.17, 15) is 0 Å². The first-order valence-corrected chi connectivity index (χ1v) is 5.47. The van der Waals surface area contributed by atoms with E-state index in [1.165, 1.54) is 6.21 Å². The first-order chi connectivity index (χ1) is 7.75. The number of rotatable bonds is 2.